The fraction of sp³-hybridized carbons (Fsp3) is 0.286. The molecule has 2 aromatic carbocycles. The smallest absolute Gasteiger partial charge is 0.331 e. The zero-order chi connectivity index (χ0) is 19.2. The number of amides is 1. The lowest BCUT2D eigenvalue weighted by Crippen LogP contribution is -2.63. The van der Waals surface area contributed by atoms with Gasteiger partial charge in [-0.15, -0.1) is 11.8 Å². The summed E-state index contributed by atoms with van der Waals surface area (Å²) in [5.74, 6) is -1.53. The first-order valence-corrected chi connectivity index (χ1v) is 9.63. The number of ether oxygens (including phenoxy) is 1. The third-order valence-corrected chi connectivity index (χ3v) is 6.43. The first-order valence-electron chi connectivity index (χ1n) is 8.75. The maximum absolute atomic E-state index is 13.1. The van der Waals surface area contributed by atoms with Gasteiger partial charge in [-0.05, 0) is 25.0 Å². The second-order valence-electron chi connectivity index (χ2n) is 7.19. The summed E-state index contributed by atoms with van der Waals surface area (Å²) >= 11 is 1.34. The van der Waals surface area contributed by atoms with E-state index >= 15 is 0 Å². The van der Waals surface area contributed by atoms with Crippen LogP contribution < -0.4 is 0 Å². The number of esters is 1. The molecule has 2 heterocycles. The Bertz CT molecular complexity index is 857. The zero-order valence-electron chi connectivity index (χ0n) is 15.0. The highest BCUT2D eigenvalue weighted by molar-refractivity contribution is 8.02. The molecule has 2 aliphatic heterocycles. The van der Waals surface area contributed by atoms with Crippen LogP contribution in [0.15, 0.2) is 60.7 Å². The molecule has 0 N–H and O–H groups in total. The van der Waals surface area contributed by atoms with Crippen LogP contribution in [0, 0.1) is 0 Å². The fourth-order valence-corrected chi connectivity index (χ4v) is 5.06. The Morgan fingerprint density at radius 2 is 1.52 bits per heavy atom. The summed E-state index contributed by atoms with van der Waals surface area (Å²) in [4.78, 5) is 38.3. The van der Waals surface area contributed by atoms with Crippen molar-refractivity contribution in [1.82, 2.24) is 4.90 Å². The third kappa shape index (κ3) is 2.94. The van der Waals surface area contributed by atoms with Gasteiger partial charge in [0.05, 0.1) is 0 Å². The summed E-state index contributed by atoms with van der Waals surface area (Å²) in [6.45, 7) is 3.73. The molecule has 6 heteroatoms. The number of ketones is 1. The van der Waals surface area contributed by atoms with Crippen LogP contribution in [0.5, 0.6) is 0 Å². The van der Waals surface area contributed by atoms with Crippen molar-refractivity contribution in [3.8, 4) is 0 Å². The third-order valence-electron chi connectivity index (χ3n) is 4.94. The van der Waals surface area contributed by atoms with Crippen molar-refractivity contribution in [3.63, 3.8) is 0 Å². The van der Waals surface area contributed by atoms with E-state index in [4.69, 9.17) is 4.74 Å². The average Bonchev–Trinajstić information content (AvgIpc) is 2.95. The highest BCUT2D eigenvalue weighted by Crippen LogP contribution is 2.49. The molecule has 1 unspecified atom stereocenters. The molecule has 27 heavy (non-hydrogen) atoms. The second kappa shape index (κ2) is 6.53. The number of carbonyl (C=O) groups is 3. The van der Waals surface area contributed by atoms with Crippen LogP contribution in [0.4, 0.5) is 0 Å². The quantitative estimate of drug-likeness (QED) is 0.463. The van der Waals surface area contributed by atoms with Crippen molar-refractivity contribution >= 4 is 29.4 Å². The molecule has 2 aromatic rings. The van der Waals surface area contributed by atoms with Gasteiger partial charge >= 0.3 is 5.97 Å². The zero-order valence-corrected chi connectivity index (χ0v) is 15.8. The van der Waals surface area contributed by atoms with Crippen molar-refractivity contribution in [3.05, 3.63) is 71.8 Å². The van der Waals surface area contributed by atoms with Gasteiger partial charge in [-0.1, -0.05) is 60.7 Å². The van der Waals surface area contributed by atoms with Gasteiger partial charge in [-0.3, -0.25) is 9.59 Å². The number of nitrogens with zero attached hydrogens (tertiary/aromatic N) is 1. The van der Waals surface area contributed by atoms with Crippen molar-refractivity contribution in [1.29, 1.82) is 0 Å². The van der Waals surface area contributed by atoms with Gasteiger partial charge in [0.15, 0.2) is 6.10 Å². The predicted molar refractivity (Wildman–Crippen MR) is 102 cm³/mol. The van der Waals surface area contributed by atoms with E-state index < -0.39 is 39.9 Å². The van der Waals surface area contributed by atoms with Gasteiger partial charge in [-0.25, -0.2) is 4.79 Å². The molecular formula is C21H19NO4S. The van der Waals surface area contributed by atoms with Gasteiger partial charge in [0.25, 0.3) is 11.7 Å². The lowest BCUT2D eigenvalue weighted by atomic mass is 9.97. The second-order valence-corrected chi connectivity index (χ2v) is 8.93. The van der Waals surface area contributed by atoms with Crippen molar-refractivity contribution in [2.45, 2.75) is 36.1 Å². The topological polar surface area (TPSA) is 63.7 Å². The minimum atomic E-state index is -0.785. The summed E-state index contributed by atoms with van der Waals surface area (Å²) in [5, 5.41) is -0.572. The molecule has 2 fully saturated rings. The van der Waals surface area contributed by atoms with Gasteiger partial charge < -0.3 is 9.64 Å². The van der Waals surface area contributed by atoms with E-state index in [2.05, 4.69) is 0 Å². The standard InChI is InChI=1S/C21H19NO4S/c1-21(2)17(22-18(24)15(23)19(22)27-21)20(25)26-16(13-9-5-3-6-10-13)14-11-7-4-8-12-14/h3-12,16-17,19H,1-2H3/t17-,19?/m0/s1. The Balaban J connectivity index is 1.65. The van der Waals surface area contributed by atoms with E-state index in [1.807, 2.05) is 74.5 Å². The molecule has 0 aromatic heterocycles. The number of fused-ring (bicyclic) bond motifs is 1. The number of hydrogen-bond donors (Lipinski definition) is 0. The van der Waals surface area contributed by atoms with E-state index in [9.17, 15) is 14.4 Å². The average molecular weight is 381 g/mol. The normalized spacial score (nSPS) is 23.1. The monoisotopic (exact) mass is 381 g/mol. The summed E-state index contributed by atoms with van der Waals surface area (Å²) in [7, 11) is 0. The van der Waals surface area contributed by atoms with Crippen LogP contribution in [0.3, 0.4) is 0 Å². The molecule has 0 radical (unpaired) electrons. The fourth-order valence-electron chi connectivity index (χ4n) is 3.61. The Hall–Kier alpha value is -2.60. The summed E-state index contributed by atoms with van der Waals surface area (Å²) < 4.78 is 5.33. The van der Waals surface area contributed by atoms with E-state index in [1.54, 1.807) is 0 Å². The van der Waals surface area contributed by atoms with Gasteiger partial charge in [0.1, 0.15) is 11.4 Å². The van der Waals surface area contributed by atoms with Gasteiger partial charge in [0.2, 0.25) is 0 Å². The SMILES string of the molecule is CC1(C)SC2C(=O)C(=O)N2[C@H]1C(=O)OC(c1ccccc1)c1ccccc1. The van der Waals surface area contributed by atoms with E-state index in [1.165, 1.54) is 16.7 Å². The lowest BCUT2D eigenvalue weighted by Gasteiger charge is -2.36. The van der Waals surface area contributed by atoms with Crippen LogP contribution in [0.25, 0.3) is 0 Å². The van der Waals surface area contributed by atoms with Gasteiger partial charge in [0, 0.05) is 4.75 Å². The Kier molecular flexibility index (Phi) is 4.30. The maximum Gasteiger partial charge on any atom is 0.331 e. The van der Waals surface area contributed by atoms with Crippen molar-refractivity contribution in [2.24, 2.45) is 0 Å². The van der Waals surface area contributed by atoms with Crippen LogP contribution in [-0.4, -0.2) is 38.7 Å². The molecule has 5 nitrogen and oxygen atoms in total. The van der Waals surface area contributed by atoms with E-state index in [-0.39, 0.29) is 0 Å². The molecule has 4 rings (SSSR count). The summed E-state index contributed by atoms with van der Waals surface area (Å²) in [6, 6.07) is 18.2. The highest BCUT2D eigenvalue weighted by Gasteiger charge is 2.64. The molecule has 1 amide bonds. The van der Waals surface area contributed by atoms with E-state index in [0.29, 0.717) is 0 Å². The summed E-state index contributed by atoms with van der Waals surface area (Å²) in [5.41, 5.74) is 1.70. The molecule has 0 spiro atoms. The molecule has 2 aliphatic rings. The van der Waals surface area contributed by atoms with Gasteiger partial charge in [-0.2, -0.15) is 0 Å². The maximum atomic E-state index is 13.1. The number of carbonyl (C=O) groups excluding carboxylic acids is 3. The molecule has 2 atom stereocenters. The van der Waals surface area contributed by atoms with E-state index in [0.717, 1.165) is 11.1 Å². The summed E-state index contributed by atoms with van der Waals surface area (Å²) in [6.07, 6.45) is -0.577. The predicted octanol–water partition coefficient (Wildman–Crippen LogP) is 2.95. The highest BCUT2D eigenvalue weighted by atomic mass is 32.2. The minimum Gasteiger partial charge on any atom is -0.451 e. The van der Waals surface area contributed by atoms with Crippen LogP contribution >= 0.6 is 11.8 Å². The number of β-lactam (4-membered cyclic amide) rings is 1. The Morgan fingerprint density at radius 3 is 2.04 bits per heavy atom. The lowest BCUT2D eigenvalue weighted by molar-refractivity contribution is -0.168. The van der Waals surface area contributed by atoms with Crippen LogP contribution in [0.1, 0.15) is 31.1 Å². The Labute approximate surface area is 161 Å². The molecule has 0 saturated carbocycles. The number of benzene rings is 2. The molecule has 138 valence electrons. The largest absolute Gasteiger partial charge is 0.451 e. The van der Waals surface area contributed by atoms with Crippen LogP contribution in [0.2, 0.25) is 0 Å². The Morgan fingerprint density at radius 1 is 1.00 bits per heavy atom. The van der Waals surface area contributed by atoms with Crippen LogP contribution in [-0.2, 0) is 19.1 Å². The molecular weight excluding hydrogens is 362 g/mol. The molecule has 2 saturated heterocycles. The molecule has 0 bridgehead atoms. The number of hydrogen-bond acceptors (Lipinski definition) is 5. The molecule has 0 aliphatic carbocycles. The number of Topliss-reactive ketones (excluding diaryl/α,β-unsaturated/α-hetero) is 1. The number of thioether (sulfide) groups is 1. The first-order chi connectivity index (χ1) is 12.9. The number of rotatable bonds is 4. The first kappa shape index (κ1) is 17.8. The van der Waals surface area contributed by atoms with Crippen molar-refractivity contribution in [2.75, 3.05) is 0 Å². The minimum absolute atomic E-state index is 0.439. The van der Waals surface area contributed by atoms with Crippen molar-refractivity contribution < 1.29 is 19.1 Å².